The minimum atomic E-state index is -0.543. The lowest BCUT2D eigenvalue weighted by Gasteiger charge is -2.46. The van der Waals surface area contributed by atoms with Crippen molar-refractivity contribution < 1.29 is 9.84 Å². The molecule has 1 aliphatic heterocycles. The first-order valence-corrected chi connectivity index (χ1v) is 8.21. The van der Waals surface area contributed by atoms with E-state index in [-0.39, 0.29) is 0 Å². The highest BCUT2D eigenvalue weighted by Gasteiger charge is 2.40. The van der Waals surface area contributed by atoms with E-state index in [4.69, 9.17) is 4.74 Å². The lowest BCUT2D eigenvalue weighted by molar-refractivity contribution is -0.0831. The van der Waals surface area contributed by atoms with Crippen LogP contribution in [0.15, 0.2) is 24.3 Å². The lowest BCUT2D eigenvalue weighted by Crippen LogP contribution is -2.54. The number of benzene rings is 1. The molecule has 0 spiro atoms. The van der Waals surface area contributed by atoms with Gasteiger partial charge < -0.3 is 20.1 Å². The average Bonchev–Trinajstić information content (AvgIpc) is 2.50. The number of piperidine rings is 1. The zero-order valence-electron chi connectivity index (χ0n) is 14.3. The predicted octanol–water partition coefficient (Wildman–Crippen LogP) is 2.27. The van der Waals surface area contributed by atoms with Gasteiger partial charge in [-0.05, 0) is 57.0 Å². The van der Waals surface area contributed by atoms with Crippen LogP contribution >= 0.6 is 0 Å². The van der Waals surface area contributed by atoms with Crippen LogP contribution < -0.4 is 10.1 Å². The number of methoxy groups -OCH3 is 1. The van der Waals surface area contributed by atoms with Crippen molar-refractivity contribution in [2.45, 2.75) is 44.9 Å². The molecule has 0 aromatic heterocycles. The standard InChI is InChI=1S/C18H30N2O2/c1-14-13-20(3)15(2)11-18(14,21)9-10-19-12-16-5-7-17(22-4)8-6-16/h5-8,14-15,19,21H,9-13H2,1-4H3/t14-,15-,18-/m1/s1. The monoisotopic (exact) mass is 306 g/mol. The molecular formula is C18H30N2O2. The van der Waals surface area contributed by atoms with E-state index in [2.05, 4.69) is 43.2 Å². The van der Waals surface area contributed by atoms with Gasteiger partial charge in [-0.15, -0.1) is 0 Å². The minimum absolute atomic E-state index is 0.316. The molecular weight excluding hydrogens is 276 g/mol. The molecule has 0 amide bonds. The highest BCUT2D eigenvalue weighted by Crippen LogP contribution is 2.33. The summed E-state index contributed by atoms with van der Waals surface area (Å²) >= 11 is 0. The highest BCUT2D eigenvalue weighted by molar-refractivity contribution is 5.26. The summed E-state index contributed by atoms with van der Waals surface area (Å²) in [5.74, 6) is 1.20. The van der Waals surface area contributed by atoms with Crippen LogP contribution in [0, 0.1) is 5.92 Å². The molecule has 1 aliphatic rings. The van der Waals surface area contributed by atoms with E-state index in [9.17, 15) is 5.11 Å². The van der Waals surface area contributed by atoms with E-state index >= 15 is 0 Å². The maximum absolute atomic E-state index is 10.9. The molecule has 2 N–H and O–H groups in total. The Morgan fingerprint density at radius 2 is 2.00 bits per heavy atom. The van der Waals surface area contributed by atoms with Crippen LogP contribution in [0.5, 0.6) is 5.75 Å². The Morgan fingerprint density at radius 3 is 2.64 bits per heavy atom. The van der Waals surface area contributed by atoms with Gasteiger partial charge in [-0.1, -0.05) is 19.1 Å². The first kappa shape index (κ1) is 17.3. The Kier molecular flexibility index (Phi) is 5.84. The Bertz CT molecular complexity index is 463. The van der Waals surface area contributed by atoms with Crippen LogP contribution in [0.25, 0.3) is 0 Å². The summed E-state index contributed by atoms with van der Waals surface area (Å²) in [4.78, 5) is 2.34. The molecule has 1 heterocycles. The molecule has 1 aromatic rings. The van der Waals surface area contributed by atoms with Crippen molar-refractivity contribution in [2.75, 3.05) is 27.2 Å². The summed E-state index contributed by atoms with van der Waals surface area (Å²) in [6.45, 7) is 6.98. The molecule has 3 atom stereocenters. The number of likely N-dealkylation sites (tertiary alicyclic amines) is 1. The van der Waals surface area contributed by atoms with Crippen LogP contribution in [-0.4, -0.2) is 48.9 Å². The largest absolute Gasteiger partial charge is 0.497 e. The van der Waals surface area contributed by atoms with Crippen molar-refractivity contribution in [3.05, 3.63) is 29.8 Å². The van der Waals surface area contributed by atoms with E-state index < -0.39 is 5.60 Å². The first-order chi connectivity index (χ1) is 10.4. The fourth-order valence-electron chi connectivity index (χ4n) is 3.28. The van der Waals surface area contributed by atoms with Gasteiger partial charge >= 0.3 is 0 Å². The molecule has 4 heteroatoms. The number of hydrogen-bond acceptors (Lipinski definition) is 4. The van der Waals surface area contributed by atoms with Crippen molar-refractivity contribution in [2.24, 2.45) is 5.92 Å². The first-order valence-electron chi connectivity index (χ1n) is 8.21. The smallest absolute Gasteiger partial charge is 0.118 e. The second-order valence-electron chi connectivity index (χ2n) is 6.77. The Hall–Kier alpha value is -1.10. The van der Waals surface area contributed by atoms with Crippen molar-refractivity contribution in [1.82, 2.24) is 10.2 Å². The van der Waals surface area contributed by atoms with E-state index in [0.717, 1.165) is 38.2 Å². The zero-order valence-corrected chi connectivity index (χ0v) is 14.3. The summed E-state index contributed by atoms with van der Waals surface area (Å²) in [5, 5.41) is 14.4. The van der Waals surface area contributed by atoms with E-state index in [1.807, 2.05) is 12.1 Å². The summed E-state index contributed by atoms with van der Waals surface area (Å²) in [5.41, 5.74) is 0.691. The molecule has 124 valence electrons. The number of nitrogens with one attached hydrogen (secondary N) is 1. The molecule has 0 unspecified atom stereocenters. The number of hydrogen-bond donors (Lipinski definition) is 2. The normalized spacial score (nSPS) is 29.5. The van der Waals surface area contributed by atoms with Crippen molar-refractivity contribution in [3.63, 3.8) is 0 Å². The molecule has 0 radical (unpaired) electrons. The Morgan fingerprint density at radius 1 is 1.32 bits per heavy atom. The molecule has 0 saturated carbocycles. The van der Waals surface area contributed by atoms with Crippen molar-refractivity contribution in [1.29, 1.82) is 0 Å². The summed E-state index contributed by atoms with van der Waals surface area (Å²) in [7, 11) is 3.82. The minimum Gasteiger partial charge on any atom is -0.497 e. The Labute approximate surface area is 134 Å². The van der Waals surface area contributed by atoms with Gasteiger partial charge in [0.1, 0.15) is 5.75 Å². The van der Waals surface area contributed by atoms with Crippen LogP contribution in [0.2, 0.25) is 0 Å². The van der Waals surface area contributed by atoms with Crippen LogP contribution in [0.1, 0.15) is 32.3 Å². The molecule has 1 aromatic carbocycles. The van der Waals surface area contributed by atoms with Gasteiger partial charge in [0.2, 0.25) is 0 Å². The summed E-state index contributed by atoms with van der Waals surface area (Å²) in [6.07, 6.45) is 1.66. The third-order valence-corrected chi connectivity index (χ3v) is 5.10. The van der Waals surface area contributed by atoms with Gasteiger partial charge in [-0.3, -0.25) is 0 Å². The fourth-order valence-corrected chi connectivity index (χ4v) is 3.28. The number of nitrogens with zero attached hydrogens (tertiary/aromatic N) is 1. The third kappa shape index (κ3) is 4.22. The lowest BCUT2D eigenvalue weighted by atomic mass is 9.77. The third-order valence-electron chi connectivity index (χ3n) is 5.10. The predicted molar refractivity (Wildman–Crippen MR) is 90.1 cm³/mol. The fraction of sp³-hybridized carbons (Fsp3) is 0.667. The number of aliphatic hydroxyl groups is 1. The highest BCUT2D eigenvalue weighted by atomic mass is 16.5. The van der Waals surface area contributed by atoms with Gasteiger partial charge in [0.05, 0.1) is 12.7 Å². The van der Waals surface area contributed by atoms with E-state index in [1.54, 1.807) is 7.11 Å². The molecule has 4 nitrogen and oxygen atoms in total. The van der Waals surface area contributed by atoms with Gasteiger partial charge in [0, 0.05) is 19.1 Å². The number of ether oxygens (including phenoxy) is 1. The van der Waals surface area contributed by atoms with Crippen molar-refractivity contribution >= 4 is 0 Å². The quantitative estimate of drug-likeness (QED) is 0.792. The summed E-state index contributed by atoms with van der Waals surface area (Å²) in [6, 6.07) is 8.54. The van der Waals surface area contributed by atoms with Crippen LogP contribution in [-0.2, 0) is 6.54 Å². The van der Waals surface area contributed by atoms with Crippen LogP contribution in [0.4, 0.5) is 0 Å². The van der Waals surface area contributed by atoms with Gasteiger partial charge in [0.15, 0.2) is 0 Å². The maximum Gasteiger partial charge on any atom is 0.118 e. The zero-order chi connectivity index (χ0) is 16.2. The molecule has 1 saturated heterocycles. The molecule has 0 aliphatic carbocycles. The molecule has 1 fully saturated rings. The maximum atomic E-state index is 10.9. The second kappa shape index (κ2) is 7.44. The van der Waals surface area contributed by atoms with Crippen LogP contribution in [0.3, 0.4) is 0 Å². The van der Waals surface area contributed by atoms with E-state index in [1.165, 1.54) is 5.56 Å². The second-order valence-corrected chi connectivity index (χ2v) is 6.77. The van der Waals surface area contributed by atoms with Gasteiger partial charge in [-0.2, -0.15) is 0 Å². The topological polar surface area (TPSA) is 44.7 Å². The van der Waals surface area contributed by atoms with Crippen molar-refractivity contribution in [3.8, 4) is 5.75 Å². The number of rotatable bonds is 6. The summed E-state index contributed by atoms with van der Waals surface area (Å²) < 4.78 is 5.16. The SMILES string of the molecule is COc1ccc(CNCC[C@@]2(O)C[C@@H](C)N(C)C[C@H]2C)cc1. The molecule has 2 rings (SSSR count). The van der Waals surface area contributed by atoms with E-state index in [0.29, 0.717) is 12.0 Å². The average molecular weight is 306 g/mol. The molecule has 22 heavy (non-hydrogen) atoms. The van der Waals surface area contributed by atoms with Gasteiger partial charge in [0.25, 0.3) is 0 Å². The van der Waals surface area contributed by atoms with Gasteiger partial charge in [-0.25, -0.2) is 0 Å². The molecule has 0 bridgehead atoms. The Balaban J connectivity index is 1.77.